The smallest absolute Gasteiger partial charge is 0.0750 e. The third-order valence-electron chi connectivity index (χ3n) is 5.78. The number of aliphatic hydroxyl groups is 2. The molecule has 124 valence electrons. The van der Waals surface area contributed by atoms with Crippen molar-refractivity contribution in [2.45, 2.75) is 71.5 Å². The second-order valence-electron chi connectivity index (χ2n) is 8.00. The Balaban J connectivity index is 2.09. The Morgan fingerprint density at radius 2 is 1.91 bits per heavy atom. The minimum Gasteiger partial charge on any atom is -0.389 e. The summed E-state index contributed by atoms with van der Waals surface area (Å²) in [5.74, 6) is 1.12. The Labute approximate surface area is 135 Å². The van der Waals surface area contributed by atoms with Gasteiger partial charge in [0.05, 0.1) is 12.2 Å². The second-order valence-corrected chi connectivity index (χ2v) is 8.00. The maximum atomic E-state index is 10.3. The van der Waals surface area contributed by atoms with Crippen LogP contribution in [0.15, 0.2) is 36.0 Å². The lowest BCUT2D eigenvalue weighted by Crippen LogP contribution is -2.48. The van der Waals surface area contributed by atoms with E-state index < -0.39 is 0 Å². The van der Waals surface area contributed by atoms with Gasteiger partial charge in [0.2, 0.25) is 0 Å². The van der Waals surface area contributed by atoms with Crippen LogP contribution in [0.3, 0.4) is 0 Å². The molecule has 0 aromatic heterocycles. The maximum absolute atomic E-state index is 10.3. The van der Waals surface area contributed by atoms with E-state index in [1.165, 1.54) is 11.1 Å². The topological polar surface area (TPSA) is 40.5 Å². The van der Waals surface area contributed by atoms with Crippen LogP contribution >= 0.6 is 0 Å². The summed E-state index contributed by atoms with van der Waals surface area (Å²) in [6, 6.07) is 0. The van der Waals surface area contributed by atoms with Gasteiger partial charge in [0.15, 0.2) is 0 Å². The highest BCUT2D eigenvalue weighted by molar-refractivity contribution is 5.18. The number of hydrogen-bond acceptors (Lipinski definition) is 2. The molecule has 5 atom stereocenters. The lowest BCUT2D eigenvalue weighted by Gasteiger charge is -2.55. The lowest BCUT2D eigenvalue weighted by atomic mass is 9.49. The third kappa shape index (κ3) is 3.72. The molecule has 0 aliphatic heterocycles. The first kappa shape index (κ1) is 17.5. The Hall–Kier alpha value is -0.860. The van der Waals surface area contributed by atoms with Crippen molar-refractivity contribution >= 4 is 0 Å². The lowest BCUT2D eigenvalue weighted by molar-refractivity contribution is -0.0436. The fraction of sp³-hybridized carbons (Fsp3) is 0.700. The summed E-state index contributed by atoms with van der Waals surface area (Å²) >= 11 is 0. The molecule has 2 nitrogen and oxygen atoms in total. The van der Waals surface area contributed by atoms with Gasteiger partial charge in [-0.05, 0) is 75.2 Å². The fourth-order valence-corrected chi connectivity index (χ4v) is 4.48. The highest BCUT2D eigenvalue weighted by Gasteiger charge is 2.51. The normalized spacial score (nSPS) is 37.2. The highest BCUT2D eigenvalue weighted by atomic mass is 16.3. The number of allylic oxidation sites excluding steroid dienone is 2. The molecular formula is C20H32O2. The van der Waals surface area contributed by atoms with Gasteiger partial charge in [-0.15, -0.1) is 0 Å². The quantitative estimate of drug-likeness (QED) is 0.759. The molecule has 0 spiro atoms. The van der Waals surface area contributed by atoms with Gasteiger partial charge in [-0.3, -0.25) is 0 Å². The SMILES string of the molecule is C=C1CCC2C(CC2(C)CC(O)C=C(C)C)C(=C)CCC1O. The van der Waals surface area contributed by atoms with Gasteiger partial charge in [0.25, 0.3) is 0 Å². The van der Waals surface area contributed by atoms with Crippen molar-refractivity contribution in [3.05, 3.63) is 36.0 Å². The van der Waals surface area contributed by atoms with E-state index in [1.807, 2.05) is 19.9 Å². The number of aliphatic hydroxyl groups excluding tert-OH is 2. The van der Waals surface area contributed by atoms with E-state index in [2.05, 4.69) is 20.1 Å². The number of hydrogen-bond donors (Lipinski definition) is 2. The van der Waals surface area contributed by atoms with Crippen molar-refractivity contribution in [1.29, 1.82) is 0 Å². The van der Waals surface area contributed by atoms with Gasteiger partial charge in [-0.2, -0.15) is 0 Å². The summed E-state index contributed by atoms with van der Waals surface area (Å²) < 4.78 is 0. The van der Waals surface area contributed by atoms with Gasteiger partial charge in [0, 0.05) is 0 Å². The Morgan fingerprint density at radius 1 is 1.27 bits per heavy atom. The Kier molecular flexibility index (Phi) is 5.34. The highest BCUT2D eigenvalue weighted by Crippen LogP contribution is 2.59. The molecule has 22 heavy (non-hydrogen) atoms. The minimum absolute atomic E-state index is 0.175. The van der Waals surface area contributed by atoms with E-state index in [9.17, 15) is 10.2 Å². The predicted octanol–water partition coefficient (Wildman–Crippen LogP) is 4.39. The van der Waals surface area contributed by atoms with E-state index in [-0.39, 0.29) is 17.6 Å². The van der Waals surface area contributed by atoms with Crippen molar-refractivity contribution in [3.8, 4) is 0 Å². The third-order valence-corrected chi connectivity index (χ3v) is 5.78. The first-order valence-electron chi connectivity index (χ1n) is 8.59. The van der Waals surface area contributed by atoms with E-state index >= 15 is 0 Å². The molecule has 0 saturated heterocycles. The molecule has 0 bridgehead atoms. The summed E-state index contributed by atoms with van der Waals surface area (Å²) in [4.78, 5) is 0. The maximum Gasteiger partial charge on any atom is 0.0750 e. The first-order chi connectivity index (χ1) is 10.2. The Bertz CT molecular complexity index is 472. The molecule has 0 aromatic rings. The van der Waals surface area contributed by atoms with Gasteiger partial charge in [0.1, 0.15) is 0 Å². The summed E-state index contributed by atoms with van der Waals surface area (Å²) in [7, 11) is 0. The summed E-state index contributed by atoms with van der Waals surface area (Å²) in [5.41, 5.74) is 3.59. The minimum atomic E-state index is -0.378. The van der Waals surface area contributed by atoms with Crippen LogP contribution in [0.5, 0.6) is 0 Å². The predicted molar refractivity (Wildman–Crippen MR) is 92.5 cm³/mol. The van der Waals surface area contributed by atoms with Crippen LogP contribution in [-0.4, -0.2) is 22.4 Å². The Morgan fingerprint density at radius 3 is 2.55 bits per heavy atom. The zero-order chi connectivity index (χ0) is 16.5. The van der Waals surface area contributed by atoms with Crippen LogP contribution < -0.4 is 0 Å². The monoisotopic (exact) mass is 304 g/mol. The molecule has 0 aromatic carbocycles. The van der Waals surface area contributed by atoms with Gasteiger partial charge >= 0.3 is 0 Å². The molecule has 0 radical (unpaired) electrons. The second kappa shape index (κ2) is 6.72. The molecule has 2 aliphatic rings. The zero-order valence-electron chi connectivity index (χ0n) is 14.4. The first-order valence-corrected chi connectivity index (χ1v) is 8.59. The zero-order valence-corrected chi connectivity index (χ0v) is 14.4. The van der Waals surface area contributed by atoms with Gasteiger partial charge in [-0.1, -0.05) is 37.3 Å². The van der Waals surface area contributed by atoms with E-state index in [4.69, 9.17) is 0 Å². The molecule has 2 N–H and O–H groups in total. The molecule has 2 rings (SSSR count). The average molecular weight is 304 g/mol. The van der Waals surface area contributed by atoms with Gasteiger partial charge < -0.3 is 10.2 Å². The molecule has 2 saturated carbocycles. The van der Waals surface area contributed by atoms with Crippen LogP contribution in [0.1, 0.15) is 59.3 Å². The molecule has 0 heterocycles. The van der Waals surface area contributed by atoms with Crippen LogP contribution in [0.4, 0.5) is 0 Å². The van der Waals surface area contributed by atoms with Gasteiger partial charge in [-0.25, -0.2) is 0 Å². The van der Waals surface area contributed by atoms with E-state index in [0.29, 0.717) is 11.8 Å². The van der Waals surface area contributed by atoms with Crippen molar-refractivity contribution in [3.63, 3.8) is 0 Å². The average Bonchev–Trinajstić information content (AvgIpc) is 2.43. The largest absolute Gasteiger partial charge is 0.389 e. The number of rotatable bonds is 3. The van der Waals surface area contributed by atoms with Crippen LogP contribution in [0.25, 0.3) is 0 Å². The van der Waals surface area contributed by atoms with Crippen molar-refractivity contribution in [2.75, 3.05) is 0 Å². The van der Waals surface area contributed by atoms with Crippen LogP contribution in [0.2, 0.25) is 0 Å². The standard InChI is InChI=1S/C20H32O2/c1-13(2)10-16(21)11-20(5)12-17-14(3)7-9-19(22)15(4)6-8-18(17)20/h10,16-19,21-22H,3-4,6-9,11-12H2,1-2,5H3. The molecule has 2 fully saturated rings. The van der Waals surface area contributed by atoms with Crippen molar-refractivity contribution < 1.29 is 10.2 Å². The summed E-state index contributed by atoms with van der Waals surface area (Å²) in [6.07, 6.45) is 6.77. The van der Waals surface area contributed by atoms with Crippen molar-refractivity contribution in [1.82, 2.24) is 0 Å². The molecular weight excluding hydrogens is 272 g/mol. The molecule has 0 amide bonds. The summed E-state index contributed by atoms with van der Waals surface area (Å²) in [6.45, 7) is 14.7. The van der Waals surface area contributed by atoms with Crippen LogP contribution in [0, 0.1) is 17.3 Å². The fourth-order valence-electron chi connectivity index (χ4n) is 4.48. The molecule has 2 aliphatic carbocycles. The van der Waals surface area contributed by atoms with Crippen molar-refractivity contribution in [2.24, 2.45) is 17.3 Å². The molecule has 5 unspecified atom stereocenters. The molecule has 2 heteroatoms. The van der Waals surface area contributed by atoms with E-state index in [1.54, 1.807) is 0 Å². The van der Waals surface area contributed by atoms with Crippen LogP contribution in [-0.2, 0) is 0 Å². The number of fused-ring (bicyclic) bond motifs is 1. The summed E-state index contributed by atoms with van der Waals surface area (Å²) in [5, 5.41) is 20.4. The van der Waals surface area contributed by atoms with E-state index in [0.717, 1.165) is 44.1 Å².